The zero-order chi connectivity index (χ0) is 27.8. The summed E-state index contributed by atoms with van der Waals surface area (Å²) in [5, 5.41) is 11.4. The lowest BCUT2D eigenvalue weighted by Gasteiger charge is -2.33. The number of anilines is 2. The highest BCUT2D eigenvalue weighted by Crippen LogP contribution is 2.31. The summed E-state index contributed by atoms with van der Waals surface area (Å²) >= 11 is 0. The molecule has 1 amide bonds. The van der Waals surface area contributed by atoms with Crippen molar-refractivity contribution in [3.8, 4) is 22.6 Å². The Morgan fingerprint density at radius 3 is 2.66 bits per heavy atom. The number of hydrogen-bond donors (Lipinski definition) is 3. The number of rotatable bonds is 6. The standard InChI is InChI=1S/C30H28N10O/c1-39-9-11-40(12-10-39)30-27-24(7-8-32-30)35-29(36-27)26-23-15-21(17-33-28(23)38-37-26)20-14-22(18-31-16-20)34-25(41)13-19-5-3-2-4-6-19/h2-8,14-18H,9-13H2,1H3,(H,34,41)(H,35,36)(H,33,37,38). The third-order valence-corrected chi connectivity index (χ3v) is 7.39. The van der Waals surface area contributed by atoms with Gasteiger partial charge in [0.1, 0.15) is 11.2 Å². The molecule has 7 rings (SSSR count). The predicted molar refractivity (Wildman–Crippen MR) is 158 cm³/mol. The van der Waals surface area contributed by atoms with Crippen molar-refractivity contribution < 1.29 is 4.79 Å². The number of carbonyl (C=O) groups excluding carboxylic acids is 1. The summed E-state index contributed by atoms with van der Waals surface area (Å²) in [6.45, 7) is 3.79. The predicted octanol–water partition coefficient (Wildman–Crippen LogP) is 3.89. The molecule has 0 saturated carbocycles. The number of carbonyl (C=O) groups is 1. The van der Waals surface area contributed by atoms with E-state index in [1.54, 1.807) is 18.6 Å². The van der Waals surface area contributed by atoms with Crippen molar-refractivity contribution in [3.05, 3.63) is 78.9 Å². The van der Waals surface area contributed by atoms with Gasteiger partial charge in [0.25, 0.3) is 0 Å². The summed E-state index contributed by atoms with van der Waals surface area (Å²) < 4.78 is 0. The molecule has 1 aliphatic heterocycles. The molecule has 3 N–H and O–H groups in total. The maximum Gasteiger partial charge on any atom is 0.228 e. The van der Waals surface area contributed by atoms with E-state index < -0.39 is 0 Å². The monoisotopic (exact) mass is 544 g/mol. The lowest BCUT2D eigenvalue weighted by molar-refractivity contribution is -0.115. The van der Waals surface area contributed by atoms with Crippen LogP contribution in [0.2, 0.25) is 0 Å². The number of piperazine rings is 1. The molecule has 6 heterocycles. The largest absolute Gasteiger partial charge is 0.352 e. The lowest BCUT2D eigenvalue weighted by Crippen LogP contribution is -2.44. The van der Waals surface area contributed by atoms with Gasteiger partial charge in [-0.3, -0.25) is 14.9 Å². The molecule has 1 aliphatic rings. The van der Waals surface area contributed by atoms with Crippen LogP contribution in [0.4, 0.5) is 11.5 Å². The third kappa shape index (κ3) is 4.98. The number of nitrogens with zero attached hydrogens (tertiary/aromatic N) is 7. The summed E-state index contributed by atoms with van der Waals surface area (Å²) in [5.41, 5.74) is 6.32. The minimum absolute atomic E-state index is 0.101. The van der Waals surface area contributed by atoms with Gasteiger partial charge < -0.3 is 20.1 Å². The van der Waals surface area contributed by atoms with E-state index in [4.69, 9.17) is 4.98 Å². The number of fused-ring (bicyclic) bond motifs is 2. The molecular formula is C30H28N10O. The van der Waals surface area contributed by atoms with Crippen LogP contribution in [0.3, 0.4) is 0 Å². The van der Waals surface area contributed by atoms with Crippen LogP contribution in [0.5, 0.6) is 0 Å². The zero-order valence-corrected chi connectivity index (χ0v) is 22.5. The summed E-state index contributed by atoms with van der Waals surface area (Å²) in [6, 6.07) is 15.5. The van der Waals surface area contributed by atoms with E-state index in [2.05, 4.69) is 52.3 Å². The quantitative estimate of drug-likeness (QED) is 0.288. The van der Waals surface area contributed by atoms with Gasteiger partial charge >= 0.3 is 0 Å². The average Bonchev–Trinajstić information content (AvgIpc) is 3.62. The first-order valence-electron chi connectivity index (χ1n) is 13.5. The van der Waals surface area contributed by atoms with E-state index in [9.17, 15) is 4.79 Å². The third-order valence-electron chi connectivity index (χ3n) is 7.39. The fourth-order valence-corrected chi connectivity index (χ4v) is 5.18. The Labute approximate surface area is 235 Å². The molecule has 204 valence electrons. The second-order valence-electron chi connectivity index (χ2n) is 10.3. The smallest absolute Gasteiger partial charge is 0.228 e. The molecule has 1 saturated heterocycles. The van der Waals surface area contributed by atoms with Crippen LogP contribution >= 0.6 is 0 Å². The van der Waals surface area contributed by atoms with Crippen molar-refractivity contribution in [2.75, 3.05) is 43.4 Å². The van der Waals surface area contributed by atoms with Gasteiger partial charge in [-0.2, -0.15) is 5.10 Å². The van der Waals surface area contributed by atoms with Crippen molar-refractivity contribution in [1.29, 1.82) is 0 Å². The maximum atomic E-state index is 12.6. The summed E-state index contributed by atoms with van der Waals surface area (Å²) in [5.74, 6) is 1.43. The molecule has 5 aromatic heterocycles. The van der Waals surface area contributed by atoms with Gasteiger partial charge in [0, 0.05) is 55.9 Å². The van der Waals surface area contributed by atoms with Gasteiger partial charge in [-0.15, -0.1) is 0 Å². The zero-order valence-electron chi connectivity index (χ0n) is 22.5. The van der Waals surface area contributed by atoms with Gasteiger partial charge in [-0.25, -0.2) is 15.0 Å². The summed E-state index contributed by atoms with van der Waals surface area (Å²) in [4.78, 5) is 39.2. The number of hydrogen-bond acceptors (Lipinski definition) is 8. The minimum Gasteiger partial charge on any atom is -0.352 e. The molecule has 0 atom stereocenters. The summed E-state index contributed by atoms with van der Waals surface area (Å²) in [6.07, 6.45) is 7.27. The number of aromatic amines is 2. The number of benzene rings is 1. The van der Waals surface area contributed by atoms with Crippen LogP contribution < -0.4 is 10.2 Å². The molecule has 11 nitrogen and oxygen atoms in total. The first-order chi connectivity index (χ1) is 20.1. The number of amides is 1. The van der Waals surface area contributed by atoms with Crippen LogP contribution in [0, 0.1) is 0 Å². The first kappa shape index (κ1) is 24.9. The van der Waals surface area contributed by atoms with Crippen LogP contribution in [0.25, 0.3) is 44.7 Å². The Balaban J connectivity index is 1.18. The summed E-state index contributed by atoms with van der Waals surface area (Å²) in [7, 11) is 2.14. The number of H-pyrrole nitrogens is 2. The molecule has 1 fully saturated rings. The van der Waals surface area contributed by atoms with Gasteiger partial charge in [-0.05, 0) is 30.8 Å². The Bertz CT molecular complexity index is 1850. The maximum absolute atomic E-state index is 12.6. The SMILES string of the molecule is CN1CCN(c2nccc3[nH]c(-c4n[nH]c5ncc(-c6cncc(NC(=O)Cc7ccccc7)c6)cc45)nc23)CC1. The molecule has 0 spiro atoms. The number of pyridine rings is 3. The van der Waals surface area contributed by atoms with E-state index in [1.807, 2.05) is 54.7 Å². The molecule has 0 radical (unpaired) electrons. The number of aromatic nitrogens is 7. The normalized spacial score (nSPS) is 14.1. The molecule has 6 aromatic rings. The second kappa shape index (κ2) is 10.4. The Kier molecular flexibility index (Phi) is 6.32. The Morgan fingerprint density at radius 1 is 0.976 bits per heavy atom. The number of imidazole rings is 1. The molecule has 0 aliphatic carbocycles. The fourth-order valence-electron chi connectivity index (χ4n) is 5.18. The van der Waals surface area contributed by atoms with Gasteiger partial charge in [0.05, 0.1) is 29.2 Å². The number of nitrogens with one attached hydrogen (secondary N) is 3. The van der Waals surface area contributed by atoms with Crippen LogP contribution in [-0.4, -0.2) is 79.2 Å². The molecule has 0 unspecified atom stereocenters. The van der Waals surface area contributed by atoms with Crippen molar-refractivity contribution in [3.63, 3.8) is 0 Å². The van der Waals surface area contributed by atoms with Crippen molar-refractivity contribution in [2.24, 2.45) is 0 Å². The van der Waals surface area contributed by atoms with Gasteiger partial charge in [0.15, 0.2) is 17.3 Å². The Morgan fingerprint density at radius 2 is 1.80 bits per heavy atom. The highest BCUT2D eigenvalue weighted by molar-refractivity contribution is 5.96. The average molecular weight is 545 g/mol. The van der Waals surface area contributed by atoms with E-state index in [-0.39, 0.29) is 5.91 Å². The van der Waals surface area contributed by atoms with Crippen LogP contribution in [0.1, 0.15) is 5.56 Å². The van der Waals surface area contributed by atoms with Gasteiger partial charge in [0.2, 0.25) is 5.91 Å². The van der Waals surface area contributed by atoms with Crippen LogP contribution in [-0.2, 0) is 11.2 Å². The topological polar surface area (TPSA) is 132 Å². The molecule has 0 bridgehead atoms. The van der Waals surface area contributed by atoms with Crippen molar-refractivity contribution in [2.45, 2.75) is 6.42 Å². The first-order valence-corrected chi connectivity index (χ1v) is 13.5. The van der Waals surface area contributed by atoms with E-state index in [0.29, 0.717) is 29.3 Å². The van der Waals surface area contributed by atoms with Crippen LogP contribution in [0.15, 0.2) is 73.3 Å². The van der Waals surface area contributed by atoms with E-state index in [0.717, 1.165) is 65.1 Å². The van der Waals surface area contributed by atoms with Crippen molar-refractivity contribution >= 4 is 39.5 Å². The second-order valence-corrected chi connectivity index (χ2v) is 10.3. The molecule has 41 heavy (non-hydrogen) atoms. The highest BCUT2D eigenvalue weighted by Gasteiger charge is 2.21. The number of likely N-dealkylation sites (N-methyl/N-ethyl adjacent to an activating group) is 1. The molecule has 11 heteroatoms. The fraction of sp³-hybridized carbons (Fsp3) is 0.200. The Hall–Kier alpha value is -5.16. The highest BCUT2D eigenvalue weighted by atomic mass is 16.1. The minimum atomic E-state index is -0.101. The van der Waals surface area contributed by atoms with E-state index in [1.165, 1.54) is 0 Å². The molecular weight excluding hydrogens is 516 g/mol. The lowest BCUT2D eigenvalue weighted by atomic mass is 10.1. The van der Waals surface area contributed by atoms with Gasteiger partial charge in [-0.1, -0.05) is 30.3 Å². The van der Waals surface area contributed by atoms with E-state index >= 15 is 0 Å². The molecule has 1 aromatic carbocycles. The van der Waals surface area contributed by atoms with Crippen molar-refractivity contribution in [1.82, 2.24) is 40.0 Å².